The zero-order valence-corrected chi connectivity index (χ0v) is 18.4. The van der Waals surface area contributed by atoms with E-state index >= 15 is 0 Å². The van der Waals surface area contributed by atoms with Crippen molar-refractivity contribution >= 4 is 23.1 Å². The third kappa shape index (κ3) is 3.54. The summed E-state index contributed by atoms with van der Waals surface area (Å²) in [5.74, 6) is -0.922. The topological polar surface area (TPSA) is 79.7 Å². The Hall–Kier alpha value is -3.93. The number of carbonyl (C=O) groups is 2. The number of ether oxygens (including phenoxy) is 1. The van der Waals surface area contributed by atoms with Crippen molar-refractivity contribution in [2.75, 3.05) is 12.0 Å². The molecule has 6 nitrogen and oxygen atoms in total. The molecule has 3 aromatic rings. The minimum Gasteiger partial charge on any atom is -0.507 e. The first kappa shape index (κ1) is 21.3. The molecule has 2 aromatic carbocycles. The van der Waals surface area contributed by atoms with Crippen molar-refractivity contribution in [2.45, 2.75) is 26.8 Å². The third-order valence-electron chi connectivity index (χ3n) is 5.74. The molecule has 6 heteroatoms. The SMILES string of the molecule is COc1cc(C)c(/C(O)=C2\C(=O)C(=O)N(c3cccc(C)c3)C2c2ccncc2)cc1C. The van der Waals surface area contributed by atoms with E-state index in [-0.39, 0.29) is 11.3 Å². The van der Waals surface area contributed by atoms with Crippen LogP contribution in [0.5, 0.6) is 5.75 Å². The number of aliphatic hydroxyl groups excluding tert-OH is 1. The first-order valence-corrected chi connectivity index (χ1v) is 10.3. The minimum atomic E-state index is -0.776. The summed E-state index contributed by atoms with van der Waals surface area (Å²) < 4.78 is 5.37. The van der Waals surface area contributed by atoms with Gasteiger partial charge in [0.1, 0.15) is 11.5 Å². The van der Waals surface area contributed by atoms with Crippen molar-refractivity contribution in [1.29, 1.82) is 0 Å². The predicted octanol–water partition coefficient (Wildman–Crippen LogP) is 4.64. The highest BCUT2D eigenvalue weighted by Gasteiger charge is 2.47. The highest BCUT2D eigenvalue weighted by molar-refractivity contribution is 6.51. The Bertz CT molecular complexity index is 1250. The van der Waals surface area contributed by atoms with Crippen LogP contribution in [0.2, 0.25) is 0 Å². The molecule has 2 heterocycles. The lowest BCUT2D eigenvalue weighted by molar-refractivity contribution is -0.132. The zero-order valence-electron chi connectivity index (χ0n) is 18.4. The van der Waals surface area contributed by atoms with E-state index in [4.69, 9.17) is 4.74 Å². The fourth-order valence-corrected chi connectivity index (χ4v) is 4.15. The molecule has 1 aromatic heterocycles. The molecular formula is C26H24N2O4. The van der Waals surface area contributed by atoms with Gasteiger partial charge in [-0.1, -0.05) is 12.1 Å². The molecule has 1 N–H and O–H groups in total. The maximum atomic E-state index is 13.2. The summed E-state index contributed by atoms with van der Waals surface area (Å²) in [7, 11) is 1.58. The summed E-state index contributed by atoms with van der Waals surface area (Å²) >= 11 is 0. The van der Waals surface area contributed by atoms with Crippen molar-refractivity contribution in [3.8, 4) is 5.75 Å². The molecule has 162 valence electrons. The Balaban J connectivity index is 1.97. The molecule has 0 aliphatic carbocycles. The number of pyridine rings is 1. The Morgan fingerprint density at radius 3 is 2.38 bits per heavy atom. The molecule has 1 amide bonds. The second-order valence-corrected chi connectivity index (χ2v) is 7.93. The van der Waals surface area contributed by atoms with E-state index in [0.717, 1.165) is 16.7 Å². The van der Waals surface area contributed by atoms with Gasteiger partial charge in [-0.3, -0.25) is 19.5 Å². The molecular weight excluding hydrogens is 404 g/mol. The lowest BCUT2D eigenvalue weighted by atomic mass is 9.93. The molecule has 1 saturated heterocycles. The van der Waals surface area contributed by atoms with Gasteiger partial charge in [0.15, 0.2) is 0 Å². The van der Waals surface area contributed by atoms with Crippen molar-refractivity contribution in [3.05, 3.63) is 94.3 Å². The molecule has 0 radical (unpaired) electrons. The molecule has 1 fully saturated rings. The molecule has 4 rings (SSSR count). The van der Waals surface area contributed by atoms with Gasteiger partial charge in [-0.05, 0) is 79.4 Å². The number of hydrogen-bond acceptors (Lipinski definition) is 5. The molecule has 1 atom stereocenters. The van der Waals surface area contributed by atoms with Crippen LogP contribution in [0.25, 0.3) is 5.76 Å². The minimum absolute atomic E-state index is 0.0513. The maximum Gasteiger partial charge on any atom is 0.300 e. The lowest BCUT2D eigenvalue weighted by Gasteiger charge is -2.25. The average molecular weight is 428 g/mol. The standard InChI is InChI=1S/C26H24N2O4/c1-15-6-5-7-19(12-15)28-23(18-8-10-27-11-9-18)22(25(30)26(28)31)24(29)20-13-17(3)21(32-4)14-16(20)2/h5-14,23,29H,1-4H3/b24-22+. The Morgan fingerprint density at radius 1 is 1.00 bits per heavy atom. The van der Waals surface area contributed by atoms with Crippen LogP contribution < -0.4 is 9.64 Å². The fraction of sp³-hybridized carbons (Fsp3) is 0.192. The van der Waals surface area contributed by atoms with Crippen LogP contribution >= 0.6 is 0 Å². The second-order valence-electron chi connectivity index (χ2n) is 7.93. The van der Waals surface area contributed by atoms with Gasteiger partial charge in [-0.15, -0.1) is 0 Å². The number of methoxy groups -OCH3 is 1. The largest absolute Gasteiger partial charge is 0.507 e. The lowest BCUT2D eigenvalue weighted by Crippen LogP contribution is -2.29. The molecule has 32 heavy (non-hydrogen) atoms. The number of anilines is 1. The van der Waals surface area contributed by atoms with Gasteiger partial charge in [0.2, 0.25) is 0 Å². The van der Waals surface area contributed by atoms with Crippen molar-refractivity contribution in [2.24, 2.45) is 0 Å². The molecule has 1 aliphatic heterocycles. The number of aromatic nitrogens is 1. The highest BCUT2D eigenvalue weighted by atomic mass is 16.5. The van der Waals surface area contributed by atoms with E-state index < -0.39 is 17.7 Å². The number of Topliss-reactive ketones (excluding diaryl/α,β-unsaturated/α-hetero) is 1. The van der Waals surface area contributed by atoms with Crippen molar-refractivity contribution in [1.82, 2.24) is 4.98 Å². The number of aliphatic hydroxyl groups is 1. The smallest absolute Gasteiger partial charge is 0.300 e. The van der Waals surface area contributed by atoms with Gasteiger partial charge in [0.25, 0.3) is 11.7 Å². The molecule has 0 saturated carbocycles. The Kier molecular flexibility index (Phi) is 5.53. The van der Waals surface area contributed by atoms with Crippen LogP contribution in [0.15, 0.2) is 66.5 Å². The van der Waals surface area contributed by atoms with Crippen LogP contribution in [-0.4, -0.2) is 28.9 Å². The number of benzene rings is 2. The fourth-order valence-electron chi connectivity index (χ4n) is 4.15. The van der Waals surface area contributed by atoms with Crippen LogP contribution in [0.4, 0.5) is 5.69 Å². The number of amides is 1. The van der Waals surface area contributed by atoms with Crippen LogP contribution in [0.1, 0.15) is 33.9 Å². The first-order valence-electron chi connectivity index (χ1n) is 10.3. The van der Waals surface area contributed by atoms with Crippen LogP contribution in [-0.2, 0) is 9.59 Å². The number of rotatable bonds is 4. The van der Waals surface area contributed by atoms with Gasteiger partial charge in [-0.2, -0.15) is 0 Å². The predicted molar refractivity (Wildman–Crippen MR) is 123 cm³/mol. The van der Waals surface area contributed by atoms with E-state index in [0.29, 0.717) is 22.6 Å². The molecule has 1 unspecified atom stereocenters. The quantitative estimate of drug-likeness (QED) is 0.372. The van der Waals surface area contributed by atoms with E-state index in [1.165, 1.54) is 4.90 Å². The maximum absolute atomic E-state index is 13.2. The molecule has 0 spiro atoms. The second kappa shape index (κ2) is 8.30. The van der Waals surface area contributed by atoms with Gasteiger partial charge < -0.3 is 9.84 Å². The van der Waals surface area contributed by atoms with Gasteiger partial charge in [0, 0.05) is 23.6 Å². The number of aryl methyl sites for hydroxylation is 3. The molecule has 1 aliphatic rings. The summed E-state index contributed by atoms with van der Waals surface area (Å²) in [4.78, 5) is 31.9. The van der Waals surface area contributed by atoms with E-state index in [1.54, 1.807) is 43.8 Å². The van der Waals surface area contributed by atoms with Gasteiger partial charge in [0.05, 0.1) is 18.7 Å². The number of carbonyl (C=O) groups excluding carboxylic acids is 2. The molecule has 0 bridgehead atoms. The van der Waals surface area contributed by atoms with E-state index in [9.17, 15) is 14.7 Å². The summed E-state index contributed by atoms with van der Waals surface area (Å²) in [5, 5.41) is 11.4. The summed E-state index contributed by atoms with van der Waals surface area (Å²) in [6, 6.07) is 13.7. The van der Waals surface area contributed by atoms with Gasteiger partial charge >= 0.3 is 0 Å². The van der Waals surface area contributed by atoms with Gasteiger partial charge in [-0.25, -0.2) is 0 Å². The number of hydrogen-bond donors (Lipinski definition) is 1. The van der Waals surface area contributed by atoms with E-state index in [2.05, 4.69) is 4.98 Å². The zero-order chi connectivity index (χ0) is 23.0. The van der Waals surface area contributed by atoms with E-state index in [1.807, 2.05) is 45.0 Å². The first-order chi connectivity index (χ1) is 15.3. The Morgan fingerprint density at radius 2 is 1.72 bits per heavy atom. The average Bonchev–Trinajstić information content (AvgIpc) is 3.05. The highest BCUT2D eigenvalue weighted by Crippen LogP contribution is 2.42. The van der Waals surface area contributed by atoms with Crippen LogP contribution in [0, 0.1) is 20.8 Å². The number of ketones is 1. The summed E-state index contributed by atoms with van der Waals surface area (Å²) in [6.07, 6.45) is 3.21. The van der Waals surface area contributed by atoms with Crippen molar-refractivity contribution < 1.29 is 19.4 Å². The number of nitrogens with zero attached hydrogens (tertiary/aromatic N) is 2. The normalized spacial score (nSPS) is 17.6. The summed E-state index contributed by atoms with van der Waals surface area (Å²) in [5.41, 5.74) is 4.33. The Labute approximate surface area is 186 Å². The summed E-state index contributed by atoms with van der Waals surface area (Å²) in [6.45, 7) is 5.61. The van der Waals surface area contributed by atoms with Crippen LogP contribution in [0.3, 0.4) is 0 Å². The third-order valence-corrected chi connectivity index (χ3v) is 5.74. The monoisotopic (exact) mass is 428 g/mol. The van der Waals surface area contributed by atoms with Crippen molar-refractivity contribution in [3.63, 3.8) is 0 Å².